The van der Waals surface area contributed by atoms with Gasteiger partial charge in [0.25, 0.3) is 5.91 Å². The lowest BCUT2D eigenvalue weighted by Gasteiger charge is -2.05. The Morgan fingerprint density at radius 2 is 1.78 bits per heavy atom. The number of anilines is 2. The van der Waals surface area contributed by atoms with Crippen molar-refractivity contribution in [1.82, 2.24) is 4.98 Å². The van der Waals surface area contributed by atoms with Gasteiger partial charge in [0.2, 0.25) is 0 Å². The molecule has 92 valence electrons. The zero-order valence-electron chi connectivity index (χ0n) is 9.84. The van der Waals surface area contributed by atoms with Crippen LogP contribution in [0.15, 0.2) is 42.6 Å². The number of nitrogens with one attached hydrogen (secondary N) is 2. The number of carbonyl (C=O) groups excluding carboxylic acids is 1. The predicted octanol–water partition coefficient (Wildman–Crippen LogP) is 2.44. The van der Waals surface area contributed by atoms with Gasteiger partial charge in [-0.1, -0.05) is 0 Å². The van der Waals surface area contributed by atoms with Gasteiger partial charge in [-0.05, 0) is 43.3 Å². The van der Waals surface area contributed by atoms with Gasteiger partial charge in [-0.15, -0.1) is 0 Å². The highest BCUT2D eigenvalue weighted by atomic mass is 16.5. The molecule has 0 saturated heterocycles. The summed E-state index contributed by atoms with van der Waals surface area (Å²) in [7, 11) is 0. The van der Waals surface area contributed by atoms with Crippen LogP contribution in [-0.2, 0) is 0 Å². The third-order valence-electron chi connectivity index (χ3n) is 2.45. The summed E-state index contributed by atoms with van der Waals surface area (Å²) in [6.07, 6.45) is 1.61. The Balaban J connectivity index is 2.09. The molecule has 1 amide bonds. The van der Waals surface area contributed by atoms with Crippen LogP contribution >= 0.6 is 0 Å². The van der Waals surface area contributed by atoms with E-state index in [2.05, 4.69) is 10.3 Å². The maximum absolute atomic E-state index is 11.9. The number of hydrogen-bond donors (Lipinski definition) is 3. The SMILES string of the molecule is Cc1ccc(NC(=O)c2ccc(NO)cc2)cn1. The van der Waals surface area contributed by atoms with Crippen LogP contribution in [0, 0.1) is 6.92 Å². The molecular formula is C13H13N3O2. The molecule has 18 heavy (non-hydrogen) atoms. The van der Waals surface area contributed by atoms with Crippen LogP contribution < -0.4 is 10.8 Å². The van der Waals surface area contributed by atoms with E-state index in [0.717, 1.165) is 5.69 Å². The van der Waals surface area contributed by atoms with Crippen molar-refractivity contribution in [3.05, 3.63) is 53.9 Å². The highest BCUT2D eigenvalue weighted by molar-refractivity contribution is 6.04. The summed E-state index contributed by atoms with van der Waals surface area (Å²) in [5, 5.41) is 11.4. The summed E-state index contributed by atoms with van der Waals surface area (Å²) >= 11 is 0. The van der Waals surface area contributed by atoms with Gasteiger partial charge in [-0.2, -0.15) is 0 Å². The quantitative estimate of drug-likeness (QED) is 0.724. The minimum Gasteiger partial charge on any atom is -0.321 e. The van der Waals surface area contributed by atoms with Crippen LogP contribution in [0.2, 0.25) is 0 Å². The van der Waals surface area contributed by atoms with E-state index in [1.54, 1.807) is 36.5 Å². The Morgan fingerprint density at radius 1 is 1.11 bits per heavy atom. The third kappa shape index (κ3) is 2.83. The highest BCUT2D eigenvalue weighted by Crippen LogP contribution is 2.11. The lowest BCUT2D eigenvalue weighted by atomic mass is 10.2. The van der Waals surface area contributed by atoms with Crippen molar-refractivity contribution in [2.75, 3.05) is 10.8 Å². The maximum Gasteiger partial charge on any atom is 0.255 e. The second kappa shape index (κ2) is 5.29. The molecule has 2 rings (SSSR count). The van der Waals surface area contributed by atoms with Crippen molar-refractivity contribution in [2.24, 2.45) is 0 Å². The summed E-state index contributed by atoms with van der Waals surface area (Å²) in [5.74, 6) is -0.217. The Labute approximate surface area is 104 Å². The van der Waals surface area contributed by atoms with Gasteiger partial charge >= 0.3 is 0 Å². The molecule has 0 aliphatic rings. The number of amides is 1. The first-order valence-corrected chi connectivity index (χ1v) is 5.43. The van der Waals surface area contributed by atoms with Gasteiger partial charge in [0, 0.05) is 11.3 Å². The Kier molecular flexibility index (Phi) is 3.54. The zero-order valence-corrected chi connectivity index (χ0v) is 9.84. The lowest BCUT2D eigenvalue weighted by Crippen LogP contribution is -2.12. The van der Waals surface area contributed by atoms with Crippen molar-refractivity contribution in [3.63, 3.8) is 0 Å². The molecule has 5 nitrogen and oxygen atoms in total. The fourth-order valence-corrected chi connectivity index (χ4v) is 1.44. The fourth-order valence-electron chi connectivity index (χ4n) is 1.44. The van der Waals surface area contributed by atoms with E-state index < -0.39 is 0 Å². The molecule has 1 aromatic heterocycles. The van der Waals surface area contributed by atoms with Gasteiger partial charge in [-0.25, -0.2) is 0 Å². The smallest absolute Gasteiger partial charge is 0.255 e. The average Bonchev–Trinajstić information content (AvgIpc) is 2.41. The van der Waals surface area contributed by atoms with Gasteiger partial charge in [0.1, 0.15) is 0 Å². The molecule has 3 N–H and O–H groups in total. The number of aryl methyl sites for hydroxylation is 1. The van der Waals surface area contributed by atoms with Crippen LogP contribution in [0.25, 0.3) is 0 Å². The number of rotatable bonds is 3. The molecule has 2 aromatic rings. The van der Waals surface area contributed by atoms with Crippen molar-refractivity contribution in [2.45, 2.75) is 6.92 Å². The Bertz CT molecular complexity index is 535. The largest absolute Gasteiger partial charge is 0.321 e. The van der Waals surface area contributed by atoms with Gasteiger partial charge < -0.3 is 5.32 Å². The molecule has 0 aliphatic heterocycles. The normalized spacial score (nSPS) is 9.89. The summed E-state index contributed by atoms with van der Waals surface area (Å²) in [6.45, 7) is 1.88. The molecule has 0 radical (unpaired) electrons. The van der Waals surface area contributed by atoms with Crippen molar-refractivity contribution in [3.8, 4) is 0 Å². The van der Waals surface area contributed by atoms with E-state index in [1.165, 1.54) is 0 Å². The van der Waals surface area contributed by atoms with E-state index in [0.29, 0.717) is 16.9 Å². The van der Waals surface area contributed by atoms with Crippen LogP contribution in [0.4, 0.5) is 11.4 Å². The standard InChI is InChI=1S/C13H13N3O2/c1-9-2-5-12(8-14-9)15-13(17)10-3-6-11(16-18)7-4-10/h2-8,16,18H,1H3,(H,15,17). The predicted molar refractivity (Wildman–Crippen MR) is 68.8 cm³/mol. The number of benzene rings is 1. The summed E-state index contributed by atoms with van der Waals surface area (Å²) < 4.78 is 0. The third-order valence-corrected chi connectivity index (χ3v) is 2.45. The molecule has 0 unspecified atom stereocenters. The fraction of sp³-hybridized carbons (Fsp3) is 0.0769. The molecule has 1 heterocycles. The monoisotopic (exact) mass is 243 g/mol. The number of pyridine rings is 1. The van der Waals surface area contributed by atoms with Crippen molar-refractivity contribution < 1.29 is 10.0 Å². The minimum atomic E-state index is -0.217. The summed E-state index contributed by atoms with van der Waals surface area (Å²) in [6, 6.07) is 10.1. The molecule has 1 aromatic carbocycles. The van der Waals surface area contributed by atoms with E-state index in [1.807, 2.05) is 18.5 Å². The van der Waals surface area contributed by atoms with Crippen molar-refractivity contribution >= 4 is 17.3 Å². The van der Waals surface area contributed by atoms with Crippen molar-refractivity contribution in [1.29, 1.82) is 0 Å². The molecule has 0 spiro atoms. The number of nitrogens with zero attached hydrogens (tertiary/aromatic N) is 1. The van der Waals surface area contributed by atoms with E-state index in [9.17, 15) is 4.79 Å². The highest BCUT2D eigenvalue weighted by Gasteiger charge is 2.05. The van der Waals surface area contributed by atoms with Gasteiger partial charge in [-0.3, -0.25) is 20.5 Å². The van der Waals surface area contributed by atoms with E-state index in [4.69, 9.17) is 5.21 Å². The Morgan fingerprint density at radius 3 is 2.33 bits per heavy atom. The topological polar surface area (TPSA) is 74.2 Å². The first-order valence-electron chi connectivity index (χ1n) is 5.43. The first-order chi connectivity index (χ1) is 8.69. The molecular weight excluding hydrogens is 230 g/mol. The summed E-state index contributed by atoms with van der Waals surface area (Å²) in [4.78, 5) is 16.0. The second-order valence-electron chi connectivity index (χ2n) is 3.83. The molecule has 0 aliphatic carbocycles. The molecule has 0 atom stereocenters. The number of hydrogen-bond acceptors (Lipinski definition) is 4. The second-order valence-corrected chi connectivity index (χ2v) is 3.83. The van der Waals surface area contributed by atoms with Crippen LogP contribution in [0.5, 0.6) is 0 Å². The van der Waals surface area contributed by atoms with Crippen LogP contribution in [0.1, 0.15) is 16.1 Å². The van der Waals surface area contributed by atoms with E-state index >= 15 is 0 Å². The van der Waals surface area contributed by atoms with Gasteiger partial charge in [0.15, 0.2) is 0 Å². The molecule has 5 heteroatoms. The molecule has 0 fully saturated rings. The van der Waals surface area contributed by atoms with Crippen LogP contribution in [0.3, 0.4) is 0 Å². The summed E-state index contributed by atoms with van der Waals surface area (Å²) in [5.41, 5.74) is 4.59. The molecule has 0 saturated carbocycles. The van der Waals surface area contributed by atoms with Gasteiger partial charge in [0.05, 0.1) is 17.6 Å². The zero-order chi connectivity index (χ0) is 13.0. The minimum absolute atomic E-state index is 0.217. The number of carbonyl (C=O) groups is 1. The first kappa shape index (κ1) is 12.1. The lowest BCUT2D eigenvalue weighted by molar-refractivity contribution is 0.102. The van der Waals surface area contributed by atoms with Crippen LogP contribution in [-0.4, -0.2) is 16.1 Å². The maximum atomic E-state index is 11.9. The van der Waals surface area contributed by atoms with E-state index in [-0.39, 0.29) is 5.91 Å². The average molecular weight is 243 g/mol. The Hall–Kier alpha value is -2.40. The molecule has 0 bridgehead atoms. The number of aromatic nitrogens is 1.